The molecule has 0 unspecified atom stereocenters. The number of amides is 2. The fourth-order valence-electron chi connectivity index (χ4n) is 1.70. The maximum atomic E-state index is 13.6. The lowest BCUT2D eigenvalue weighted by molar-refractivity contribution is -0.119. The summed E-state index contributed by atoms with van der Waals surface area (Å²) < 4.78 is 18.7. The van der Waals surface area contributed by atoms with Gasteiger partial charge in [-0.05, 0) is 36.4 Å². The minimum Gasteiger partial charge on any atom is -0.484 e. The number of hydrogen-bond acceptors (Lipinski definition) is 3. The molecule has 0 radical (unpaired) electrons. The Bertz CT molecular complexity index is 684. The van der Waals surface area contributed by atoms with Crippen molar-refractivity contribution in [3.05, 3.63) is 58.9 Å². The third-order valence-corrected chi connectivity index (χ3v) is 3.00. The summed E-state index contributed by atoms with van der Waals surface area (Å²) in [6.07, 6.45) is 0. The largest absolute Gasteiger partial charge is 0.484 e. The van der Waals surface area contributed by atoms with Crippen LogP contribution in [0.15, 0.2) is 42.5 Å². The number of anilines is 1. The Balaban J connectivity index is 2.07. The molecular weight excluding hydrogens is 311 g/mol. The van der Waals surface area contributed by atoms with Crippen LogP contribution >= 0.6 is 11.6 Å². The van der Waals surface area contributed by atoms with Gasteiger partial charge in [0.15, 0.2) is 6.61 Å². The average Bonchev–Trinajstić information content (AvgIpc) is 2.46. The molecule has 0 aliphatic rings. The van der Waals surface area contributed by atoms with Crippen molar-refractivity contribution in [1.82, 2.24) is 0 Å². The van der Waals surface area contributed by atoms with Gasteiger partial charge < -0.3 is 15.8 Å². The quantitative estimate of drug-likeness (QED) is 0.887. The van der Waals surface area contributed by atoms with Crippen molar-refractivity contribution < 1.29 is 18.7 Å². The molecule has 7 heteroatoms. The number of nitrogens with two attached hydrogens (primary N) is 1. The molecule has 22 heavy (non-hydrogen) atoms. The third-order valence-electron chi connectivity index (χ3n) is 2.68. The summed E-state index contributed by atoms with van der Waals surface area (Å²) in [4.78, 5) is 22.6. The van der Waals surface area contributed by atoms with Crippen LogP contribution in [0.4, 0.5) is 10.1 Å². The topological polar surface area (TPSA) is 81.4 Å². The van der Waals surface area contributed by atoms with Gasteiger partial charge in [-0.3, -0.25) is 9.59 Å². The van der Waals surface area contributed by atoms with E-state index in [1.165, 1.54) is 12.1 Å². The Labute approximate surface area is 130 Å². The molecule has 0 saturated carbocycles. The molecule has 0 atom stereocenters. The standard InChI is InChI=1S/C15H12ClFN2O3/c16-11-2-1-3-12(17)14(11)15(21)19-9-4-6-10(7-5-9)22-8-13(18)20/h1-7H,8H2,(H2,18,20)(H,19,21). The molecule has 0 aliphatic carbocycles. The fourth-order valence-corrected chi connectivity index (χ4v) is 1.95. The number of carbonyl (C=O) groups is 2. The molecule has 5 nitrogen and oxygen atoms in total. The van der Waals surface area contributed by atoms with Crippen molar-refractivity contribution in [2.24, 2.45) is 5.73 Å². The summed E-state index contributed by atoms with van der Waals surface area (Å²) in [6, 6.07) is 10.2. The minimum absolute atomic E-state index is 0.0268. The summed E-state index contributed by atoms with van der Waals surface area (Å²) in [5.74, 6) is -1.53. The van der Waals surface area contributed by atoms with Crippen LogP contribution in [0.25, 0.3) is 0 Å². The van der Waals surface area contributed by atoms with Gasteiger partial charge in [0.2, 0.25) is 0 Å². The van der Waals surface area contributed by atoms with Crippen molar-refractivity contribution >= 4 is 29.1 Å². The minimum atomic E-state index is -0.702. The van der Waals surface area contributed by atoms with E-state index in [-0.39, 0.29) is 17.2 Å². The van der Waals surface area contributed by atoms with Crippen molar-refractivity contribution in [2.75, 3.05) is 11.9 Å². The smallest absolute Gasteiger partial charge is 0.260 e. The highest BCUT2D eigenvalue weighted by Gasteiger charge is 2.15. The second-order valence-corrected chi connectivity index (χ2v) is 4.74. The van der Waals surface area contributed by atoms with Gasteiger partial charge in [0.05, 0.1) is 10.6 Å². The highest BCUT2D eigenvalue weighted by molar-refractivity contribution is 6.34. The van der Waals surface area contributed by atoms with Crippen LogP contribution in [-0.4, -0.2) is 18.4 Å². The van der Waals surface area contributed by atoms with Crippen molar-refractivity contribution in [2.45, 2.75) is 0 Å². The molecule has 0 spiro atoms. The molecule has 114 valence electrons. The summed E-state index contributed by atoms with van der Waals surface area (Å²) in [7, 11) is 0. The highest BCUT2D eigenvalue weighted by Crippen LogP contribution is 2.21. The van der Waals surface area contributed by atoms with E-state index in [2.05, 4.69) is 5.32 Å². The molecular formula is C15H12ClFN2O3. The SMILES string of the molecule is NC(=O)COc1ccc(NC(=O)c2c(F)cccc2Cl)cc1. The van der Waals surface area contributed by atoms with E-state index in [0.29, 0.717) is 11.4 Å². The molecule has 0 fully saturated rings. The number of carbonyl (C=O) groups excluding carboxylic acids is 2. The Hall–Kier alpha value is -2.60. The molecule has 0 heterocycles. The van der Waals surface area contributed by atoms with Gasteiger partial charge in [-0.1, -0.05) is 17.7 Å². The van der Waals surface area contributed by atoms with Crippen LogP contribution in [-0.2, 0) is 4.79 Å². The molecule has 3 N–H and O–H groups in total. The number of halogens is 2. The lowest BCUT2D eigenvalue weighted by atomic mass is 10.2. The van der Waals surface area contributed by atoms with Crippen LogP contribution in [0.2, 0.25) is 5.02 Å². The van der Waals surface area contributed by atoms with Crippen LogP contribution in [0.5, 0.6) is 5.75 Å². The number of ether oxygens (including phenoxy) is 1. The van der Waals surface area contributed by atoms with Crippen LogP contribution < -0.4 is 15.8 Å². The number of primary amides is 1. The second kappa shape index (κ2) is 6.91. The Morgan fingerprint density at radius 2 is 1.86 bits per heavy atom. The molecule has 0 bridgehead atoms. The lowest BCUT2D eigenvalue weighted by Crippen LogP contribution is -2.20. The zero-order chi connectivity index (χ0) is 16.1. The lowest BCUT2D eigenvalue weighted by Gasteiger charge is -2.09. The molecule has 2 aromatic carbocycles. The van der Waals surface area contributed by atoms with Gasteiger partial charge in [-0.2, -0.15) is 0 Å². The van der Waals surface area contributed by atoms with E-state index in [1.807, 2.05) is 0 Å². The third kappa shape index (κ3) is 3.95. The molecule has 2 aromatic rings. The molecule has 2 rings (SSSR count). The van der Waals surface area contributed by atoms with Crippen molar-refractivity contribution in [3.8, 4) is 5.75 Å². The van der Waals surface area contributed by atoms with Gasteiger partial charge in [0, 0.05) is 5.69 Å². The van der Waals surface area contributed by atoms with E-state index in [9.17, 15) is 14.0 Å². The van der Waals surface area contributed by atoms with E-state index in [4.69, 9.17) is 22.1 Å². The number of hydrogen-bond donors (Lipinski definition) is 2. The van der Waals surface area contributed by atoms with Crippen LogP contribution in [0, 0.1) is 5.82 Å². The zero-order valence-corrected chi connectivity index (χ0v) is 12.1. The van der Waals surface area contributed by atoms with Crippen molar-refractivity contribution in [3.63, 3.8) is 0 Å². The summed E-state index contributed by atoms with van der Waals surface area (Å²) in [5, 5.41) is 2.55. The normalized spacial score (nSPS) is 10.1. The van der Waals surface area contributed by atoms with E-state index in [0.717, 1.165) is 6.07 Å². The fraction of sp³-hybridized carbons (Fsp3) is 0.0667. The first-order valence-corrected chi connectivity index (χ1v) is 6.61. The number of benzene rings is 2. The van der Waals surface area contributed by atoms with Crippen LogP contribution in [0.1, 0.15) is 10.4 Å². The van der Waals surface area contributed by atoms with Crippen molar-refractivity contribution in [1.29, 1.82) is 0 Å². The van der Waals surface area contributed by atoms with E-state index in [1.54, 1.807) is 24.3 Å². The Morgan fingerprint density at radius 1 is 1.18 bits per heavy atom. The van der Waals surface area contributed by atoms with Gasteiger partial charge >= 0.3 is 0 Å². The first kappa shape index (κ1) is 15.8. The Morgan fingerprint density at radius 3 is 2.45 bits per heavy atom. The first-order chi connectivity index (χ1) is 10.5. The Kier molecular flexibility index (Phi) is 4.95. The molecule has 2 amide bonds. The van der Waals surface area contributed by atoms with Gasteiger partial charge in [-0.25, -0.2) is 4.39 Å². The summed E-state index contributed by atoms with van der Waals surface area (Å²) in [6.45, 7) is -0.240. The van der Waals surface area contributed by atoms with E-state index < -0.39 is 17.6 Å². The molecule has 0 aliphatic heterocycles. The maximum absolute atomic E-state index is 13.6. The molecule has 0 aromatic heterocycles. The second-order valence-electron chi connectivity index (χ2n) is 4.33. The van der Waals surface area contributed by atoms with Gasteiger partial charge in [-0.15, -0.1) is 0 Å². The molecule has 0 saturated heterocycles. The predicted molar refractivity (Wildman–Crippen MR) is 80.5 cm³/mol. The summed E-state index contributed by atoms with van der Waals surface area (Å²) in [5.41, 5.74) is 5.16. The van der Waals surface area contributed by atoms with E-state index >= 15 is 0 Å². The predicted octanol–water partition coefficient (Wildman–Crippen LogP) is 2.60. The maximum Gasteiger partial charge on any atom is 0.260 e. The van der Waals surface area contributed by atoms with Crippen LogP contribution in [0.3, 0.4) is 0 Å². The zero-order valence-electron chi connectivity index (χ0n) is 11.3. The average molecular weight is 323 g/mol. The highest BCUT2D eigenvalue weighted by atomic mass is 35.5. The number of nitrogens with one attached hydrogen (secondary N) is 1. The monoisotopic (exact) mass is 322 g/mol. The van der Waals surface area contributed by atoms with Gasteiger partial charge in [0.1, 0.15) is 11.6 Å². The first-order valence-electron chi connectivity index (χ1n) is 6.24. The number of rotatable bonds is 5. The van der Waals surface area contributed by atoms with Gasteiger partial charge in [0.25, 0.3) is 11.8 Å². The summed E-state index contributed by atoms with van der Waals surface area (Å²) >= 11 is 5.82.